The smallest absolute Gasteiger partial charge is 0.410 e. The van der Waals surface area contributed by atoms with Gasteiger partial charge in [0.25, 0.3) is 0 Å². The van der Waals surface area contributed by atoms with Crippen LogP contribution in [0, 0.1) is 0 Å². The van der Waals surface area contributed by atoms with E-state index in [1.807, 2.05) is 30.3 Å². The summed E-state index contributed by atoms with van der Waals surface area (Å²) in [6, 6.07) is 9.43. The highest BCUT2D eigenvalue weighted by Gasteiger charge is 2.46. The number of carbonyl (C=O) groups is 2. The maximum Gasteiger partial charge on any atom is 0.410 e. The van der Waals surface area contributed by atoms with E-state index in [0.717, 1.165) is 5.56 Å². The normalized spacial score (nSPS) is 17.7. The second-order valence-corrected chi connectivity index (χ2v) is 8.00. The number of benzene rings is 1. The van der Waals surface area contributed by atoms with Crippen molar-refractivity contribution >= 4 is 12.1 Å². The van der Waals surface area contributed by atoms with Crippen LogP contribution in [0.25, 0.3) is 0 Å². The first kappa shape index (κ1) is 22.2. The Kier molecular flexibility index (Phi) is 7.43. The van der Waals surface area contributed by atoms with Crippen molar-refractivity contribution in [2.45, 2.75) is 64.4 Å². The van der Waals surface area contributed by atoms with Crippen LogP contribution in [0.15, 0.2) is 30.3 Å². The zero-order valence-electron chi connectivity index (χ0n) is 17.1. The van der Waals surface area contributed by atoms with Gasteiger partial charge >= 0.3 is 12.1 Å². The van der Waals surface area contributed by atoms with Crippen molar-refractivity contribution in [3.63, 3.8) is 0 Å². The minimum atomic E-state index is -1.40. The summed E-state index contributed by atoms with van der Waals surface area (Å²) in [4.78, 5) is 26.2. The molecule has 1 heterocycles. The van der Waals surface area contributed by atoms with Gasteiger partial charge in [0, 0.05) is 13.1 Å². The highest BCUT2D eigenvalue weighted by atomic mass is 16.6. The first-order valence-electron chi connectivity index (χ1n) is 9.67. The molecule has 156 valence electrons. The SMILES string of the molecule is CCOC(=O)C(OCc1ccccc1)C1(O)CCN(C(=O)OC(C)(C)C)CC1. The van der Waals surface area contributed by atoms with Crippen LogP contribution in [0.5, 0.6) is 0 Å². The lowest BCUT2D eigenvalue weighted by Gasteiger charge is -2.41. The molecule has 1 aromatic rings. The lowest BCUT2D eigenvalue weighted by Crippen LogP contribution is -2.56. The summed E-state index contributed by atoms with van der Waals surface area (Å²) in [6.07, 6.45) is -1.14. The van der Waals surface area contributed by atoms with E-state index >= 15 is 0 Å². The zero-order chi connectivity index (χ0) is 20.8. The predicted octanol–water partition coefficient (Wildman–Crippen LogP) is 2.90. The molecule has 7 nitrogen and oxygen atoms in total. The molecule has 1 aliphatic heterocycles. The summed E-state index contributed by atoms with van der Waals surface area (Å²) < 4.78 is 16.3. The largest absolute Gasteiger partial charge is 0.464 e. The maximum absolute atomic E-state index is 12.5. The van der Waals surface area contributed by atoms with Crippen molar-refractivity contribution in [2.24, 2.45) is 0 Å². The van der Waals surface area contributed by atoms with Crippen molar-refractivity contribution in [2.75, 3.05) is 19.7 Å². The molecule has 7 heteroatoms. The van der Waals surface area contributed by atoms with E-state index < -0.39 is 29.4 Å². The highest BCUT2D eigenvalue weighted by molar-refractivity contribution is 5.76. The second-order valence-electron chi connectivity index (χ2n) is 8.00. The Hall–Kier alpha value is -2.12. The molecule has 1 unspecified atom stereocenters. The van der Waals surface area contributed by atoms with Crippen LogP contribution in [0.4, 0.5) is 4.79 Å². The van der Waals surface area contributed by atoms with Crippen molar-refractivity contribution < 1.29 is 28.9 Å². The number of amides is 1. The molecule has 1 fully saturated rings. The van der Waals surface area contributed by atoms with Gasteiger partial charge in [0.05, 0.1) is 13.2 Å². The number of nitrogens with zero attached hydrogens (tertiary/aromatic N) is 1. The standard InChI is InChI=1S/C21H31NO6/c1-5-26-18(23)17(27-15-16-9-7-6-8-10-16)21(25)11-13-22(14-12-21)19(24)28-20(2,3)4/h6-10,17,25H,5,11-15H2,1-4H3. The monoisotopic (exact) mass is 393 g/mol. The number of hydrogen-bond donors (Lipinski definition) is 1. The fourth-order valence-electron chi connectivity index (χ4n) is 3.08. The van der Waals surface area contributed by atoms with Crippen molar-refractivity contribution in [3.8, 4) is 0 Å². The Labute approximate surface area is 166 Å². The molecule has 28 heavy (non-hydrogen) atoms. The van der Waals surface area contributed by atoms with Gasteiger partial charge in [0.15, 0.2) is 6.10 Å². The summed E-state index contributed by atoms with van der Waals surface area (Å²) in [5.74, 6) is -0.591. The minimum Gasteiger partial charge on any atom is -0.464 e. The van der Waals surface area contributed by atoms with Gasteiger partial charge in [-0.1, -0.05) is 30.3 Å². The molecule has 2 rings (SSSR count). The Morgan fingerprint density at radius 3 is 2.32 bits per heavy atom. The summed E-state index contributed by atoms with van der Waals surface area (Å²) in [5.41, 5.74) is -1.09. The number of rotatable bonds is 6. The maximum atomic E-state index is 12.5. The fraction of sp³-hybridized carbons (Fsp3) is 0.619. The summed E-state index contributed by atoms with van der Waals surface area (Å²) in [7, 11) is 0. The van der Waals surface area contributed by atoms with Crippen molar-refractivity contribution in [1.82, 2.24) is 4.90 Å². The average molecular weight is 393 g/mol. The predicted molar refractivity (Wildman–Crippen MR) is 104 cm³/mol. The van der Waals surface area contributed by atoms with E-state index in [-0.39, 0.29) is 39.1 Å². The van der Waals surface area contributed by atoms with Gasteiger partial charge in [-0.05, 0) is 46.1 Å². The van der Waals surface area contributed by atoms with Crippen molar-refractivity contribution in [1.29, 1.82) is 0 Å². The van der Waals surface area contributed by atoms with E-state index in [9.17, 15) is 14.7 Å². The zero-order valence-corrected chi connectivity index (χ0v) is 17.1. The van der Waals surface area contributed by atoms with Gasteiger partial charge < -0.3 is 24.2 Å². The van der Waals surface area contributed by atoms with E-state index in [0.29, 0.717) is 0 Å². The molecule has 1 aliphatic rings. The van der Waals surface area contributed by atoms with E-state index in [1.165, 1.54) is 0 Å². The molecular weight excluding hydrogens is 362 g/mol. The van der Waals surface area contributed by atoms with Crippen molar-refractivity contribution in [3.05, 3.63) is 35.9 Å². The van der Waals surface area contributed by atoms with E-state index in [1.54, 1.807) is 32.6 Å². The minimum absolute atomic E-state index is 0.183. The molecule has 1 atom stereocenters. The third-order valence-electron chi connectivity index (χ3n) is 4.53. The Morgan fingerprint density at radius 1 is 1.18 bits per heavy atom. The number of likely N-dealkylation sites (tertiary alicyclic amines) is 1. The summed E-state index contributed by atoms with van der Waals surface area (Å²) in [6.45, 7) is 8.05. The molecule has 1 aromatic carbocycles. The van der Waals surface area contributed by atoms with Crippen LogP contribution in [-0.4, -0.2) is 59.1 Å². The van der Waals surface area contributed by atoms with Gasteiger partial charge in [-0.15, -0.1) is 0 Å². The van der Waals surface area contributed by atoms with E-state index in [2.05, 4.69) is 0 Å². The Bertz CT molecular complexity index is 647. The molecule has 1 saturated heterocycles. The third-order valence-corrected chi connectivity index (χ3v) is 4.53. The van der Waals surface area contributed by atoms with Crippen LogP contribution in [-0.2, 0) is 25.6 Å². The number of aliphatic hydroxyl groups is 1. The number of hydrogen-bond acceptors (Lipinski definition) is 6. The van der Waals surface area contributed by atoms with Gasteiger partial charge in [-0.2, -0.15) is 0 Å². The number of esters is 1. The van der Waals surface area contributed by atoms with E-state index in [4.69, 9.17) is 14.2 Å². The molecule has 0 saturated carbocycles. The Balaban J connectivity index is 2.04. The molecule has 0 bridgehead atoms. The fourth-order valence-corrected chi connectivity index (χ4v) is 3.08. The van der Waals surface area contributed by atoms with Crippen LogP contribution >= 0.6 is 0 Å². The topological polar surface area (TPSA) is 85.3 Å². The Morgan fingerprint density at radius 2 is 1.79 bits per heavy atom. The molecule has 0 aromatic heterocycles. The molecule has 0 spiro atoms. The number of piperidine rings is 1. The first-order chi connectivity index (χ1) is 13.1. The quantitative estimate of drug-likeness (QED) is 0.748. The van der Waals surface area contributed by atoms with Gasteiger partial charge in [0.1, 0.15) is 11.2 Å². The molecule has 0 aliphatic carbocycles. The molecule has 1 amide bonds. The second kappa shape index (κ2) is 9.39. The number of carbonyl (C=O) groups excluding carboxylic acids is 2. The van der Waals surface area contributed by atoms with Crippen LogP contribution in [0.3, 0.4) is 0 Å². The van der Waals surface area contributed by atoms with Gasteiger partial charge in [-0.3, -0.25) is 0 Å². The van der Waals surface area contributed by atoms with Gasteiger partial charge in [0.2, 0.25) is 0 Å². The average Bonchev–Trinajstić information content (AvgIpc) is 2.62. The summed E-state index contributed by atoms with van der Waals surface area (Å²) in [5, 5.41) is 11.1. The van der Waals surface area contributed by atoms with Crippen LogP contribution in [0.2, 0.25) is 0 Å². The molecule has 1 N–H and O–H groups in total. The summed E-state index contributed by atoms with van der Waals surface area (Å²) >= 11 is 0. The highest BCUT2D eigenvalue weighted by Crippen LogP contribution is 2.30. The van der Waals surface area contributed by atoms with Crippen LogP contribution in [0.1, 0.15) is 46.1 Å². The molecular formula is C21H31NO6. The third kappa shape index (κ3) is 6.21. The first-order valence-corrected chi connectivity index (χ1v) is 9.67. The van der Waals surface area contributed by atoms with Crippen LogP contribution < -0.4 is 0 Å². The number of ether oxygens (including phenoxy) is 3. The molecule has 0 radical (unpaired) electrons. The lowest BCUT2D eigenvalue weighted by atomic mass is 9.85. The lowest BCUT2D eigenvalue weighted by molar-refractivity contribution is -0.185. The van der Waals surface area contributed by atoms with Gasteiger partial charge in [-0.25, -0.2) is 9.59 Å².